The number of rotatable bonds is 5. The molecule has 0 aliphatic rings. The maximum absolute atomic E-state index is 5.23. The molecule has 15 heavy (non-hydrogen) atoms. The summed E-state index contributed by atoms with van der Waals surface area (Å²) >= 11 is 4.32. The standard InChI is InChI=1S/C13H20OS/c1-4-11-8-13(14-3)6-5-12(11)7-10(2)9-15/h5-6,8,10,15H,4,7,9H2,1-3H3. The third-order valence-electron chi connectivity index (χ3n) is 2.67. The van der Waals surface area contributed by atoms with Gasteiger partial charge in [0.2, 0.25) is 0 Å². The fourth-order valence-corrected chi connectivity index (χ4v) is 1.83. The van der Waals surface area contributed by atoms with E-state index in [9.17, 15) is 0 Å². The van der Waals surface area contributed by atoms with E-state index in [0.29, 0.717) is 5.92 Å². The van der Waals surface area contributed by atoms with Crippen LogP contribution in [0.3, 0.4) is 0 Å². The van der Waals surface area contributed by atoms with Gasteiger partial charge in [-0.2, -0.15) is 12.6 Å². The molecule has 2 heteroatoms. The van der Waals surface area contributed by atoms with Crippen molar-refractivity contribution in [3.8, 4) is 5.75 Å². The highest BCUT2D eigenvalue weighted by molar-refractivity contribution is 7.80. The topological polar surface area (TPSA) is 9.23 Å². The number of aryl methyl sites for hydroxylation is 1. The predicted molar refractivity (Wildman–Crippen MR) is 69.1 cm³/mol. The number of ether oxygens (including phenoxy) is 1. The lowest BCUT2D eigenvalue weighted by Crippen LogP contribution is -2.04. The zero-order chi connectivity index (χ0) is 11.3. The molecule has 1 unspecified atom stereocenters. The number of hydrogen-bond acceptors (Lipinski definition) is 2. The highest BCUT2D eigenvalue weighted by Gasteiger charge is 2.06. The van der Waals surface area contributed by atoms with Gasteiger partial charge in [-0.05, 0) is 47.8 Å². The molecule has 0 fully saturated rings. The average Bonchev–Trinajstić information content (AvgIpc) is 2.29. The van der Waals surface area contributed by atoms with E-state index in [-0.39, 0.29) is 0 Å². The summed E-state index contributed by atoms with van der Waals surface area (Å²) in [5, 5.41) is 0. The minimum Gasteiger partial charge on any atom is -0.497 e. The Bertz CT molecular complexity index is 309. The Morgan fingerprint density at radius 2 is 2.07 bits per heavy atom. The van der Waals surface area contributed by atoms with E-state index in [2.05, 4.69) is 38.6 Å². The Morgan fingerprint density at radius 3 is 2.60 bits per heavy atom. The third kappa shape index (κ3) is 3.45. The van der Waals surface area contributed by atoms with Crippen molar-refractivity contribution in [2.75, 3.05) is 12.9 Å². The van der Waals surface area contributed by atoms with Crippen molar-refractivity contribution in [3.05, 3.63) is 29.3 Å². The molecule has 0 radical (unpaired) electrons. The molecular formula is C13H20OS. The van der Waals surface area contributed by atoms with Gasteiger partial charge in [-0.1, -0.05) is 19.9 Å². The second-order valence-electron chi connectivity index (χ2n) is 3.98. The van der Waals surface area contributed by atoms with Crippen LogP contribution in [0.15, 0.2) is 18.2 Å². The van der Waals surface area contributed by atoms with Gasteiger partial charge in [-0.15, -0.1) is 0 Å². The van der Waals surface area contributed by atoms with Crippen LogP contribution in [0.2, 0.25) is 0 Å². The number of hydrogen-bond donors (Lipinski definition) is 1. The van der Waals surface area contributed by atoms with E-state index in [1.807, 2.05) is 6.07 Å². The van der Waals surface area contributed by atoms with Crippen molar-refractivity contribution in [1.82, 2.24) is 0 Å². The minimum absolute atomic E-state index is 0.632. The first-order chi connectivity index (χ1) is 7.21. The highest BCUT2D eigenvalue weighted by atomic mass is 32.1. The normalized spacial score (nSPS) is 12.5. The maximum Gasteiger partial charge on any atom is 0.119 e. The molecule has 84 valence electrons. The molecule has 1 nitrogen and oxygen atoms in total. The second-order valence-corrected chi connectivity index (χ2v) is 4.35. The fourth-order valence-electron chi connectivity index (χ4n) is 1.70. The number of benzene rings is 1. The van der Waals surface area contributed by atoms with Gasteiger partial charge in [0.05, 0.1) is 7.11 Å². The van der Waals surface area contributed by atoms with Crippen LogP contribution < -0.4 is 4.74 Å². The lowest BCUT2D eigenvalue weighted by atomic mass is 9.96. The molecule has 0 saturated heterocycles. The summed E-state index contributed by atoms with van der Waals surface area (Å²) in [6.45, 7) is 4.42. The molecule has 0 aromatic heterocycles. The van der Waals surface area contributed by atoms with Crippen LogP contribution in [0.25, 0.3) is 0 Å². The first-order valence-corrected chi connectivity index (χ1v) is 6.11. The molecule has 1 atom stereocenters. The van der Waals surface area contributed by atoms with Crippen molar-refractivity contribution in [2.24, 2.45) is 5.92 Å². The molecule has 0 spiro atoms. The van der Waals surface area contributed by atoms with Gasteiger partial charge < -0.3 is 4.74 Å². The van der Waals surface area contributed by atoms with Gasteiger partial charge in [0.1, 0.15) is 5.75 Å². The Hall–Kier alpha value is -0.630. The number of methoxy groups -OCH3 is 1. The van der Waals surface area contributed by atoms with E-state index in [0.717, 1.165) is 24.3 Å². The van der Waals surface area contributed by atoms with Crippen molar-refractivity contribution < 1.29 is 4.74 Å². The third-order valence-corrected chi connectivity index (χ3v) is 3.30. The highest BCUT2D eigenvalue weighted by Crippen LogP contribution is 2.21. The van der Waals surface area contributed by atoms with E-state index >= 15 is 0 Å². The average molecular weight is 224 g/mol. The molecule has 0 saturated carbocycles. The van der Waals surface area contributed by atoms with Gasteiger partial charge in [-0.3, -0.25) is 0 Å². The van der Waals surface area contributed by atoms with Crippen molar-refractivity contribution in [3.63, 3.8) is 0 Å². The van der Waals surface area contributed by atoms with Crippen LogP contribution >= 0.6 is 12.6 Å². The lowest BCUT2D eigenvalue weighted by molar-refractivity contribution is 0.414. The van der Waals surface area contributed by atoms with Crippen LogP contribution in [-0.2, 0) is 12.8 Å². The summed E-state index contributed by atoms with van der Waals surface area (Å²) in [7, 11) is 1.71. The summed E-state index contributed by atoms with van der Waals surface area (Å²) in [5.41, 5.74) is 2.82. The van der Waals surface area contributed by atoms with Gasteiger partial charge in [0.15, 0.2) is 0 Å². The maximum atomic E-state index is 5.23. The quantitative estimate of drug-likeness (QED) is 0.755. The summed E-state index contributed by atoms with van der Waals surface area (Å²) in [4.78, 5) is 0. The van der Waals surface area contributed by atoms with Crippen LogP contribution in [-0.4, -0.2) is 12.9 Å². The first kappa shape index (κ1) is 12.4. The molecule has 0 bridgehead atoms. The molecule has 1 aromatic carbocycles. The zero-order valence-corrected chi connectivity index (χ0v) is 10.7. The molecule has 0 amide bonds. The summed E-state index contributed by atoms with van der Waals surface area (Å²) in [5.74, 6) is 2.52. The summed E-state index contributed by atoms with van der Waals surface area (Å²) < 4.78 is 5.23. The molecular weight excluding hydrogens is 204 g/mol. The van der Waals surface area contributed by atoms with E-state index in [4.69, 9.17) is 4.74 Å². The SMILES string of the molecule is CCc1cc(OC)ccc1CC(C)CS. The van der Waals surface area contributed by atoms with Crippen LogP contribution in [0.5, 0.6) is 5.75 Å². The Morgan fingerprint density at radius 1 is 1.33 bits per heavy atom. The lowest BCUT2D eigenvalue weighted by Gasteiger charge is -2.13. The van der Waals surface area contributed by atoms with Crippen LogP contribution in [0.4, 0.5) is 0 Å². The van der Waals surface area contributed by atoms with Gasteiger partial charge in [0, 0.05) is 0 Å². The monoisotopic (exact) mass is 224 g/mol. The Labute approximate surface area is 98.3 Å². The summed E-state index contributed by atoms with van der Waals surface area (Å²) in [6.07, 6.45) is 2.17. The van der Waals surface area contributed by atoms with E-state index in [1.54, 1.807) is 7.11 Å². The van der Waals surface area contributed by atoms with E-state index < -0.39 is 0 Å². The van der Waals surface area contributed by atoms with Crippen molar-refractivity contribution in [2.45, 2.75) is 26.7 Å². The van der Waals surface area contributed by atoms with Crippen molar-refractivity contribution in [1.29, 1.82) is 0 Å². The van der Waals surface area contributed by atoms with Gasteiger partial charge in [0.25, 0.3) is 0 Å². The van der Waals surface area contributed by atoms with Crippen LogP contribution in [0, 0.1) is 5.92 Å². The van der Waals surface area contributed by atoms with Gasteiger partial charge >= 0.3 is 0 Å². The first-order valence-electron chi connectivity index (χ1n) is 5.47. The zero-order valence-electron chi connectivity index (χ0n) is 9.79. The van der Waals surface area contributed by atoms with E-state index in [1.165, 1.54) is 11.1 Å². The largest absolute Gasteiger partial charge is 0.497 e. The number of thiol groups is 1. The van der Waals surface area contributed by atoms with Gasteiger partial charge in [-0.25, -0.2) is 0 Å². The Balaban J connectivity index is 2.87. The fraction of sp³-hybridized carbons (Fsp3) is 0.538. The molecule has 0 heterocycles. The molecule has 1 rings (SSSR count). The molecule has 1 aromatic rings. The van der Waals surface area contributed by atoms with Crippen molar-refractivity contribution >= 4 is 12.6 Å². The minimum atomic E-state index is 0.632. The molecule has 0 aliphatic heterocycles. The molecule has 0 aliphatic carbocycles. The van der Waals surface area contributed by atoms with Crippen LogP contribution in [0.1, 0.15) is 25.0 Å². The smallest absolute Gasteiger partial charge is 0.119 e. The molecule has 0 N–H and O–H groups in total. The Kier molecular flexibility index (Phi) is 5.03. The summed E-state index contributed by atoms with van der Waals surface area (Å²) in [6, 6.07) is 6.36. The predicted octanol–water partition coefficient (Wildman–Crippen LogP) is 3.37. The second kappa shape index (κ2) is 6.06.